The molecule has 1 aromatic heterocycles. The average molecular weight is 300 g/mol. The van der Waals surface area contributed by atoms with Crippen LogP contribution in [0.5, 0.6) is 0 Å². The summed E-state index contributed by atoms with van der Waals surface area (Å²) in [7, 11) is 0. The molecule has 0 spiro atoms. The molecule has 5 saturated carbocycles. The molecule has 5 aliphatic rings. The van der Waals surface area contributed by atoms with Gasteiger partial charge >= 0.3 is 5.69 Å². The van der Waals surface area contributed by atoms with E-state index in [2.05, 4.69) is 15.7 Å². The molecule has 1 heterocycles. The zero-order valence-electron chi connectivity index (χ0n) is 13.5. The maximum atomic E-state index is 12.6. The number of hydrogen-bond donors (Lipinski definition) is 1. The Morgan fingerprint density at radius 1 is 0.909 bits per heavy atom. The Bertz CT molecular complexity index is 579. The van der Waals surface area contributed by atoms with Crippen LogP contribution in [-0.4, -0.2) is 9.55 Å². The van der Waals surface area contributed by atoms with Gasteiger partial charge in [-0.05, 0) is 68.6 Å². The smallest absolute Gasteiger partial charge is 0.310 e. The van der Waals surface area contributed by atoms with Crippen LogP contribution >= 0.6 is 0 Å². The second kappa shape index (κ2) is 5.01. The first kappa shape index (κ1) is 13.4. The predicted octanol–water partition coefficient (Wildman–Crippen LogP) is 4.22. The van der Waals surface area contributed by atoms with Gasteiger partial charge in [0.25, 0.3) is 0 Å². The lowest BCUT2D eigenvalue weighted by molar-refractivity contribution is -0.0303. The van der Waals surface area contributed by atoms with Crippen molar-refractivity contribution in [3.63, 3.8) is 0 Å². The summed E-state index contributed by atoms with van der Waals surface area (Å²) in [6.45, 7) is 0. The van der Waals surface area contributed by atoms with Crippen molar-refractivity contribution in [1.82, 2.24) is 9.55 Å². The molecule has 5 aliphatic carbocycles. The molecule has 0 atom stereocenters. The first-order valence-electron chi connectivity index (χ1n) is 9.59. The van der Waals surface area contributed by atoms with Gasteiger partial charge in [-0.15, -0.1) is 0 Å². The van der Waals surface area contributed by atoms with E-state index in [0.29, 0.717) is 12.0 Å². The van der Waals surface area contributed by atoms with Gasteiger partial charge in [-0.2, -0.15) is 0 Å². The first-order chi connectivity index (χ1) is 10.8. The van der Waals surface area contributed by atoms with E-state index in [1.165, 1.54) is 69.9 Å². The summed E-state index contributed by atoms with van der Waals surface area (Å²) >= 11 is 0. The summed E-state index contributed by atoms with van der Waals surface area (Å²) in [5.74, 6) is 4.13. The number of H-pyrrole nitrogens is 1. The maximum Gasteiger partial charge on any atom is 0.325 e. The Kier molecular flexibility index (Phi) is 3.06. The van der Waals surface area contributed by atoms with Crippen molar-refractivity contribution in [2.75, 3.05) is 0 Å². The maximum absolute atomic E-state index is 12.6. The lowest BCUT2D eigenvalue weighted by Crippen LogP contribution is -2.47. The summed E-state index contributed by atoms with van der Waals surface area (Å²) in [5, 5.41) is 0. The van der Waals surface area contributed by atoms with E-state index >= 15 is 0 Å². The fourth-order valence-electron chi connectivity index (χ4n) is 6.62. The van der Waals surface area contributed by atoms with Crippen LogP contribution < -0.4 is 5.69 Å². The minimum atomic E-state index is 0.179. The lowest BCUT2D eigenvalue weighted by Gasteiger charge is -2.54. The summed E-state index contributed by atoms with van der Waals surface area (Å²) in [6.07, 6.45) is 15.8. The third kappa shape index (κ3) is 2.04. The van der Waals surface area contributed by atoms with E-state index < -0.39 is 0 Å². The molecule has 4 bridgehead atoms. The minimum absolute atomic E-state index is 0.179. The van der Waals surface area contributed by atoms with Gasteiger partial charge < -0.3 is 4.98 Å². The van der Waals surface area contributed by atoms with Crippen molar-refractivity contribution in [3.05, 3.63) is 22.4 Å². The Morgan fingerprint density at radius 3 is 2.18 bits per heavy atom. The molecule has 0 aromatic carbocycles. The highest BCUT2D eigenvalue weighted by Crippen LogP contribution is 2.58. The molecule has 0 aliphatic heterocycles. The van der Waals surface area contributed by atoms with Gasteiger partial charge in [0.05, 0.1) is 0 Å². The molecule has 5 fully saturated rings. The average Bonchev–Trinajstić information content (AvgIpc) is 2.89. The number of hydrogen-bond acceptors (Lipinski definition) is 1. The molecule has 0 amide bonds. The van der Waals surface area contributed by atoms with Gasteiger partial charge in [-0.25, -0.2) is 4.79 Å². The van der Waals surface area contributed by atoms with E-state index in [-0.39, 0.29) is 5.69 Å². The predicted molar refractivity (Wildman–Crippen MR) is 87.0 cm³/mol. The molecule has 0 saturated heterocycles. The fraction of sp³-hybridized carbons (Fsp3) is 0.842. The summed E-state index contributed by atoms with van der Waals surface area (Å²) in [6, 6.07) is 0.508. The third-order valence-corrected chi connectivity index (χ3v) is 7.31. The van der Waals surface area contributed by atoms with Crippen molar-refractivity contribution < 1.29 is 0 Å². The molecule has 3 nitrogen and oxygen atoms in total. The molecule has 22 heavy (non-hydrogen) atoms. The van der Waals surface area contributed by atoms with Gasteiger partial charge in [0.15, 0.2) is 0 Å². The first-order valence-corrected chi connectivity index (χ1v) is 9.59. The van der Waals surface area contributed by atoms with Crippen molar-refractivity contribution in [2.24, 2.45) is 23.7 Å². The fourth-order valence-corrected chi connectivity index (χ4v) is 6.62. The molecule has 120 valence electrons. The van der Waals surface area contributed by atoms with Gasteiger partial charge in [0, 0.05) is 23.9 Å². The van der Waals surface area contributed by atoms with E-state index in [1.54, 1.807) is 0 Å². The normalized spacial score (nSPS) is 41.2. The largest absolute Gasteiger partial charge is 0.325 e. The molecule has 1 N–H and O–H groups in total. The highest BCUT2D eigenvalue weighted by Gasteiger charge is 2.49. The van der Waals surface area contributed by atoms with Crippen LogP contribution in [0.4, 0.5) is 0 Å². The molecule has 3 heteroatoms. The Hall–Kier alpha value is -0.990. The van der Waals surface area contributed by atoms with Crippen LogP contribution in [-0.2, 0) is 0 Å². The van der Waals surface area contributed by atoms with Crippen LogP contribution in [0.2, 0.25) is 0 Å². The zero-order valence-corrected chi connectivity index (χ0v) is 13.5. The highest BCUT2D eigenvalue weighted by atomic mass is 16.1. The molecular weight excluding hydrogens is 272 g/mol. The molecular formula is C19H28N2O. The summed E-state index contributed by atoms with van der Waals surface area (Å²) in [4.78, 5) is 15.8. The summed E-state index contributed by atoms with van der Waals surface area (Å²) < 4.78 is 2.14. The van der Waals surface area contributed by atoms with Crippen LogP contribution in [0, 0.1) is 23.7 Å². The highest BCUT2D eigenvalue weighted by molar-refractivity contribution is 5.10. The molecule has 0 radical (unpaired) electrons. The number of rotatable bonds is 2. The lowest BCUT2D eigenvalue weighted by atomic mass is 9.54. The number of nitrogens with one attached hydrogen (secondary N) is 1. The Labute approximate surface area is 132 Å². The second-order valence-corrected chi connectivity index (χ2v) is 8.68. The van der Waals surface area contributed by atoms with Gasteiger partial charge in [-0.3, -0.25) is 4.57 Å². The van der Waals surface area contributed by atoms with Crippen molar-refractivity contribution in [3.8, 4) is 0 Å². The monoisotopic (exact) mass is 300 g/mol. The van der Waals surface area contributed by atoms with E-state index in [1.807, 2.05) is 0 Å². The van der Waals surface area contributed by atoms with Crippen LogP contribution in [0.25, 0.3) is 0 Å². The topological polar surface area (TPSA) is 37.8 Å². The van der Waals surface area contributed by atoms with Crippen molar-refractivity contribution >= 4 is 0 Å². The third-order valence-electron chi connectivity index (χ3n) is 7.31. The van der Waals surface area contributed by atoms with Gasteiger partial charge in [-0.1, -0.05) is 19.3 Å². The van der Waals surface area contributed by atoms with E-state index in [4.69, 9.17) is 0 Å². The molecule has 1 aromatic rings. The second-order valence-electron chi connectivity index (χ2n) is 8.68. The van der Waals surface area contributed by atoms with E-state index in [9.17, 15) is 4.79 Å². The van der Waals surface area contributed by atoms with Crippen molar-refractivity contribution in [1.29, 1.82) is 0 Å². The summed E-state index contributed by atoms with van der Waals surface area (Å²) in [5.41, 5.74) is 1.41. The SMILES string of the molecule is O=c1[nH]c(C2CCCCC2)cn1C1C2CC3CC(C2)CC1C3. The van der Waals surface area contributed by atoms with Crippen molar-refractivity contribution in [2.45, 2.75) is 76.2 Å². The molecule has 6 rings (SSSR count). The van der Waals surface area contributed by atoms with Crippen LogP contribution in [0.15, 0.2) is 11.0 Å². The minimum Gasteiger partial charge on any atom is -0.310 e. The van der Waals surface area contributed by atoms with E-state index in [0.717, 1.165) is 23.7 Å². The number of aromatic amines is 1. The van der Waals surface area contributed by atoms with Gasteiger partial charge in [0.2, 0.25) is 0 Å². The molecule has 0 unspecified atom stereocenters. The van der Waals surface area contributed by atoms with Crippen LogP contribution in [0.1, 0.15) is 81.9 Å². The van der Waals surface area contributed by atoms with Crippen LogP contribution in [0.3, 0.4) is 0 Å². The van der Waals surface area contributed by atoms with Gasteiger partial charge in [0.1, 0.15) is 0 Å². The standard InChI is InChI=1S/C19H28N2O/c22-19-20-17(14-4-2-1-3-5-14)11-21(19)18-15-7-12-6-13(9-15)10-16(18)8-12/h11-16,18H,1-10H2,(H,20,22). The number of aromatic nitrogens is 2. The quantitative estimate of drug-likeness (QED) is 0.872. The number of nitrogens with zero attached hydrogens (tertiary/aromatic N) is 1. The Morgan fingerprint density at radius 2 is 1.55 bits per heavy atom. The number of imidazole rings is 1. The Balaban J connectivity index is 1.45. The zero-order chi connectivity index (χ0) is 14.7.